The Morgan fingerprint density at radius 3 is 2.71 bits per heavy atom. The largest absolute Gasteiger partial charge is 0.321 e. The Hall–Kier alpha value is 0.137. The van der Waals surface area contributed by atoms with Gasteiger partial charge < -0.3 is 9.88 Å². The lowest BCUT2D eigenvalue weighted by molar-refractivity contribution is 0.348. The van der Waals surface area contributed by atoms with Crippen LogP contribution in [0.5, 0.6) is 0 Å². The van der Waals surface area contributed by atoms with Crippen molar-refractivity contribution in [2.75, 3.05) is 19.8 Å². The lowest BCUT2D eigenvalue weighted by Gasteiger charge is -2.22. The maximum Gasteiger partial charge on any atom is 0.0800 e. The number of hydrogen-bond donors (Lipinski definition) is 1. The van der Waals surface area contributed by atoms with Crippen LogP contribution in [0.3, 0.4) is 0 Å². The van der Waals surface area contributed by atoms with Crippen LogP contribution >= 0.6 is 0 Å². The fourth-order valence-corrected chi connectivity index (χ4v) is 1.36. The van der Waals surface area contributed by atoms with Crippen LogP contribution in [-0.4, -0.2) is 34.7 Å². The Kier molecular flexibility index (Phi) is 1.84. The third-order valence-corrected chi connectivity index (χ3v) is 2.04. The summed E-state index contributed by atoms with van der Waals surface area (Å²) in [5.41, 5.74) is 0. The highest BCUT2D eigenvalue weighted by Gasteiger charge is 2.00. The number of rotatable bonds is 0. The summed E-state index contributed by atoms with van der Waals surface area (Å²) in [7, 11) is 1.22. The molecule has 1 fully saturated rings. The average Bonchev–Trinajstić information content (AvgIpc) is 1.69. The summed E-state index contributed by atoms with van der Waals surface area (Å²) in [6.07, 6.45) is 1.34. The van der Waals surface area contributed by atoms with Gasteiger partial charge in [0.15, 0.2) is 0 Å². The first kappa shape index (κ1) is 5.28. The molecular formula is C4H12N2Si. The maximum atomic E-state index is 3.30. The molecule has 1 aliphatic rings. The molecule has 42 valence electrons. The van der Waals surface area contributed by atoms with Crippen molar-refractivity contribution in [2.24, 2.45) is 0 Å². The normalized spacial score (nSPS) is 25.7. The zero-order valence-electron chi connectivity index (χ0n) is 4.78. The quantitative estimate of drug-likeness (QED) is 0.388. The highest BCUT2D eigenvalue weighted by atomic mass is 28.2. The van der Waals surface area contributed by atoms with E-state index in [0.29, 0.717) is 0 Å². The molecule has 0 aromatic rings. The first-order valence-electron chi connectivity index (χ1n) is 2.79. The molecule has 0 spiro atoms. The molecule has 0 amide bonds. The average molecular weight is 116 g/mol. The Morgan fingerprint density at radius 1 is 1.57 bits per heavy atom. The van der Waals surface area contributed by atoms with Gasteiger partial charge >= 0.3 is 0 Å². The van der Waals surface area contributed by atoms with Crippen LogP contribution in [-0.2, 0) is 0 Å². The van der Waals surface area contributed by atoms with Crippen LogP contribution in [0, 0.1) is 0 Å². The van der Waals surface area contributed by atoms with Crippen molar-refractivity contribution in [3.05, 3.63) is 0 Å². The summed E-state index contributed by atoms with van der Waals surface area (Å²) in [5, 5.41) is 3.30. The van der Waals surface area contributed by atoms with Crippen LogP contribution in [0.2, 0.25) is 0 Å². The molecule has 0 aliphatic carbocycles. The smallest absolute Gasteiger partial charge is 0.0800 e. The molecule has 1 N–H and O–H groups in total. The topological polar surface area (TPSA) is 15.3 Å². The monoisotopic (exact) mass is 116 g/mol. The van der Waals surface area contributed by atoms with E-state index < -0.39 is 0 Å². The van der Waals surface area contributed by atoms with Gasteiger partial charge in [-0.15, -0.1) is 0 Å². The van der Waals surface area contributed by atoms with Gasteiger partial charge in [0.05, 0.1) is 10.4 Å². The zero-order valence-corrected chi connectivity index (χ0v) is 6.78. The fourth-order valence-electron chi connectivity index (χ4n) is 0.823. The van der Waals surface area contributed by atoms with Gasteiger partial charge in [0.1, 0.15) is 0 Å². The van der Waals surface area contributed by atoms with E-state index in [1.54, 1.807) is 0 Å². The molecule has 7 heavy (non-hydrogen) atoms. The fraction of sp³-hybridized carbons (Fsp3) is 1.00. The summed E-state index contributed by atoms with van der Waals surface area (Å²) in [6, 6.07) is 0. The molecule has 0 aromatic carbocycles. The standard InChI is InChI=1S/C4H12N2Si/c7-6-3-1-2-5-4-6/h5H,1-4H2,7H3. The Balaban J connectivity index is 2.12. The van der Waals surface area contributed by atoms with Gasteiger partial charge in [-0.25, -0.2) is 0 Å². The van der Waals surface area contributed by atoms with E-state index in [-0.39, 0.29) is 0 Å². The van der Waals surface area contributed by atoms with Crippen LogP contribution < -0.4 is 5.32 Å². The molecule has 2 nitrogen and oxygen atoms in total. The van der Waals surface area contributed by atoms with E-state index in [2.05, 4.69) is 9.88 Å². The summed E-state index contributed by atoms with van der Waals surface area (Å²) in [4.78, 5) is 0. The van der Waals surface area contributed by atoms with Crippen LogP contribution in [0.15, 0.2) is 0 Å². The maximum absolute atomic E-state index is 3.30. The minimum absolute atomic E-state index is 1.13. The Bertz CT molecular complexity index is 51.7. The molecule has 0 saturated carbocycles. The van der Waals surface area contributed by atoms with Gasteiger partial charge in [-0.1, -0.05) is 0 Å². The SMILES string of the molecule is [SiH3]N1CCCNC1. The predicted octanol–water partition coefficient (Wildman–Crippen LogP) is -1.48. The number of nitrogens with zero attached hydrogens (tertiary/aromatic N) is 1. The first-order valence-corrected chi connectivity index (χ1v) is 3.68. The molecular weight excluding hydrogens is 104 g/mol. The second-order valence-corrected chi connectivity index (χ2v) is 3.36. The molecule has 1 heterocycles. The third kappa shape index (κ3) is 1.59. The minimum atomic E-state index is 1.13. The van der Waals surface area contributed by atoms with Crippen molar-refractivity contribution in [1.82, 2.24) is 9.88 Å². The molecule has 3 heteroatoms. The lowest BCUT2D eigenvalue weighted by atomic mass is 10.4. The number of nitrogens with one attached hydrogen (secondary N) is 1. The van der Waals surface area contributed by atoms with Gasteiger partial charge in [0.25, 0.3) is 0 Å². The molecule has 0 unspecified atom stereocenters. The van der Waals surface area contributed by atoms with Gasteiger partial charge in [-0.3, -0.25) is 0 Å². The van der Waals surface area contributed by atoms with Crippen LogP contribution in [0.25, 0.3) is 0 Å². The molecule has 0 aromatic heterocycles. The minimum Gasteiger partial charge on any atom is -0.321 e. The first-order chi connectivity index (χ1) is 3.39. The van der Waals surface area contributed by atoms with E-state index >= 15 is 0 Å². The van der Waals surface area contributed by atoms with Crippen LogP contribution in [0.4, 0.5) is 0 Å². The second kappa shape index (κ2) is 2.45. The lowest BCUT2D eigenvalue weighted by Crippen LogP contribution is -2.39. The molecule has 0 radical (unpaired) electrons. The van der Waals surface area contributed by atoms with Gasteiger partial charge in [0.2, 0.25) is 0 Å². The molecule has 1 saturated heterocycles. The highest BCUT2D eigenvalue weighted by molar-refractivity contribution is 6.04. The van der Waals surface area contributed by atoms with Gasteiger partial charge in [0, 0.05) is 6.67 Å². The van der Waals surface area contributed by atoms with Crippen molar-refractivity contribution < 1.29 is 0 Å². The second-order valence-electron chi connectivity index (χ2n) is 2.09. The van der Waals surface area contributed by atoms with Crippen LogP contribution in [0.1, 0.15) is 6.42 Å². The van der Waals surface area contributed by atoms with Crippen molar-refractivity contribution in [1.29, 1.82) is 0 Å². The van der Waals surface area contributed by atoms with Crippen molar-refractivity contribution in [3.8, 4) is 0 Å². The molecule has 0 bridgehead atoms. The Labute approximate surface area is 47.4 Å². The summed E-state index contributed by atoms with van der Waals surface area (Å²) in [5.74, 6) is 0. The van der Waals surface area contributed by atoms with E-state index in [1.807, 2.05) is 0 Å². The Morgan fingerprint density at radius 2 is 2.43 bits per heavy atom. The summed E-state index contributed by atoms with van der Waals surface area (Å²) in [6.45, 7) is 3.67. The van der Waals surface area contributed by atoms with E-state index in [9.17, 15) is 0 Å². The summed E-state index contributed by atoms with van der Waals surface area (Å²) >= 11 is 0. The van der Waals surface area contributed by atoms with E-state index in [0.717, 1.165) is 6.67 Å². The van der Waals surface area contributed by atoms with Gasteiger partial charge in [-0.2, -0.15) is 0 Å². The molecule has 0 atom stereocenters. The van der Waals surface area contributed by atoms with E-state index in [4.69, 9.17) is 0 Å². The van der Waals surface area contributed by atoms with Gasteiger partial charge in [-0.05, 0) is 19.5 Å². The highest BCUT2D eigenvalue weighted by Crippen LogP contribution is 1.87. The molecule has 1 rings (SSSR count). The molecule has 1 aliphatic heterocycles. The van der Waals surface area contributed by atoms with E-state index in [1.165, 1.54) is 29.9 Å². The zero-order chi connectivity index (χ0) is 5.11. The van der Waals surface area contributed by atoms with Crippen molar-refractivity contribution >= 4 is 10.4 Å². The predicted molar refractivity (Wildman–Crippen MR) is 34.1 cm³/mol. The number of hydrogen-bond acceptors (Lipinski definition) is 2. The summed E-state index contributed by atoms with van der Waals surface area (Å²) < 4.78 is 2.42. The van der Waals surface area contributed by atoms with Crippen molar-refractivity contribution in [2.45, 2.75) is 6.42 Å². The van der Waals surface area contributed by atoms with Crippen molar-refractivity contribution in [3.63, 3.8) is 0 Å². The third-order valence-electron chi connectivity index (χ3n) is 1.28.